The molecule has 1 atom stereocenters. The lowest BCUT2D eigenvalue weighted by atomic mass is 10.1. The number of rotatable bonds is 8. The largest absolute Gasteiger partial charge is 0.492 e. The highest BCUT2D eigenvalue weighted by Gasteiger charge is 2.22. The summed E-state index contributed by atoms with van der Waals surface area (Å²) in [7, 11) is 1.66. The normalized spacial score (nSPS) is 16.7. The summed E-state index contributed by atoms with van der Waals surface area (Å²) >= 11 is 0. The van der Waals surface area contributed by atoms with E-state index in [1.54, 1.807) is 7.11 Å². The highest BCUT2D eigenvalue weighted by molar-refractivity contribution is 5.80. The zero-order chi connectivity index (χ0) is 18.9. The van der Waals surface area contributed by atoms with Crippen LogP contribution < -0.4 is 15.4 Å². The molecule has 1 aliphatic heterocycles. The second kappa shape index (κ2) is 9.91. The van der Waals surface area contributed by atoms with Crippen LogP contribution >= 0.6 is 0 Å². The van der Waals surface area contributed by atoms with E-state index in [0.717, 1.165) is 49.3 Å². The maximum absolute atomic E-state index is 5.70. The smallest absolute Gasteiger partial charge is 0.191 e. The maximum Gasteiger partial charge on any atom is 0.191 e. The van der Waals surface area contributed by atoms with Gasteiger partial charge in [-0.2, -0.15) is 5.10 Å². The Morgan fingerprint density at radius 1 is 1.33 bits per heavy atom. The van der Waals surface area contributed by atoms with Gasteiger partial charge in [-0.15, -0.1) is 0 Å². The van der Waals surface area contributed by atoms with Crippen LogP contribution in [0.1, 0.15) is 25.0 Å². The van der Waals surface area contributed by atoms with Crippen molar-refractivity contribution in [2.75, 3.05) is 26.8 Å². The maximum atomic E-state index is 5.70. The topological polar surface area (TPSA) is 85.6 Å². The molecule has 2 heterocycles. The highest BCUT2D eigenvalue weighted by atomic mass is 16.5. The van der Waals surface area contributed by atoms with Gasteiger partial charge in [0.05, 0.1) is 13.1 Å². The van der Waals surface area contributed by atoms with Gasteiger partial charge in [-0.1, -0.05) is 18.2 Å². The standard InChI is InChI=1S/C19H28N6O2/c1-3-20-19(21-11-12-27-16-7-5-4-6-8-16)22-15-9-10-18-23-17(14-26-2)24-25(18)13-15/h4-8,15H,3,9-14H2,1-2H3,(H2,20,21,22). The summed E-state index contributed by atoms with van der Waals surface area (Å²) in [6.45, 7) is 5.22. The number of guanidine groups is 1. The minimum Gasteiger partial charge on any atom is -0.492 e. The number of methoxy groups -OCH3 is 1. The number of nitrogens with zero attached hydrogens (tertiary/aromatic N) is 4. The summed E-state index contributed by atoms with van der Waals surface area (Å²) in [6.07, 6.45) is 1.89. The van der Waals surface area contributed by atoms with Gasteiger partial charge in [0.25, 0.3) is 0 Å². The number of benzene rings is 1. The lowest BCUT2D eigenvalue weighted by molar-refractivity contribution is 0.177. The number of aliphatic imine (C=N–C) groups is 1. The highest BCUT2D eigenvalue weighted by Crippen LogP contribution is 2.13. The molecule has 0 bridgehead atoms. The number of para-hydroxylation sites is 1. The van der Waals surface area contributed by atoms with Crippen molar-refractivity contribution < 1.29 is 9.47 Å². The summed E-state index contributed by atoms with van der Waals surface area (Å²) in [5, 5.41) is 11.3. The number of ether oxygens (including phenoxy) is 2. The second-order valence-electron chi connectivity index (χ2n) is 6.36. The molecule has 3 rings (SSSR count). The van der Waals surface area contributed by atoms with Crippen molar-refractivity contribution in [2.45, 2.75) is 39.0 Å². The van der Waals surface area contributed by atoms with Crippen molar-refractivity contribution in [3.05, 3.63) is 42.0 Å². The third-order valence-electron chi connectivity index (χ3n) is 4.23. The Bertz CT molecular complexity index is 731. The van der Waals surface area contributed by atoms with Crippen LogP contribution in [0.5, 0.6) is 5.75 Å². The average Bonchev–Trinajstić information content (AvgIpc) is 3.08. The van der Waals surface area contributed by atoms with Gasteiger partial charge in [0.1, 0.15) is 24.8 Å². The van der Waals surface area contributed by atoms with Crippen LogP contribution in [0.2, 0.25) is 0 Å². The van der Waals surface area contributed by atoms with Gasteiger partial charge in [-0.25, -0.2) is 14.7 Å². The minimum atomic E-state index is 0.266. The molecular weight excluding hydrogens is 344 g/mol. The fraction of sp³-hybridized carbons (Fsp3) is 0.526. The van der Waals surface area contributed by atoms with Gasteiger partial charge in [-0.3, -0.25) is 0 Å². The van der Waals surface area contributed by atoms with Gasteiger partial charge in [-0.05, 0) is 25.5 Å². The van der Waals surface area contributed by atoms with Crippen LogP contribution in [0.15, 0.2) is 35.3 Å². The van der Waals surface area contributed by atoms with E-state index in [-0.39, 0.29) is 6.04 Å². The zero-order valence-corrected chi connectivity index (χ0v) is 16.0. The molecule has 1 aromatic heterocycles. The van der Waals surface area contributed by atoms with Gasteiger partial charge in [0.2, 0.25) is 0 Å². The molecule has 8 heteroatoms. The molecule has 27 heavy (non-hydrogen) atoms. The Kier molecular flexibility index (Phi) is 7.04. The van der Waals surface area contributed by atoms with Crippen LogP contribution in [-0.4, -0.2) is 53.6 Å². The molecule has 146 valence electrons. The summed E-state index contributed by atoms with van der Waals surface area (Å²) < 4.78 is 12.8. The number of aromatic nitrogens is 3. The predicted octanol–water partition coefficient (Wildman–Crippen LogP) is 1.37. The molecular formula is C19H28N6O2. The summed E-state index contributed by atoms with van der Waals surface area (Å²) in [6, 6.07) is 10.1. The number of hydrogen-bond donors (Lipinski definition) is 2. The quantitative estimate of drug-likeness (QED) is 0.414. The van der Waals surface area contributed by atoms with Crippen LogP contribution in [0.4, 0.5) is 0 Å². The number of aryl methyl sites for hydroxylation is 1. The van der Waals surface area contributed by atoms with E-state index in [0.29, 0.717) is 19.8 Å². The van der Waals surface area contributed by atoms with Crippen molar-refractivity contribution in [1.29, 1.82) is 0 Å². The molecule has 1 aromatic carbocycles. The first-order chi connectivity index (χ1) is 13.3. The molecule has 0 fully saturated rings. The molecule has 0 radical (unpaired) electrons. The summed E-state index contributed by atoms with van der Waals surface area (Å²) in [5.41, 5.74) is 0. The Morgan fingerprint density at radius 2 is 2.19 bits per heavy atom. The first-order valence-electron chi connectivity index (χ1n) is 9.42. The minimum absolute atomic E-state index is 0.266. The van der Waals surface area contributed by atoms with Gasteiger partial charge in [0.15, 0.2) is 11.8 Å². The van der Waals surface area contributed by atoms with E-state index in [1.165, 1.54) is 0 Å². The molecule has 1 aliphatic rings. The molecule has 1 unspecified atom stereocenters. The molecule has 0 aliphatic carbocycles. The molecule has 0 amide bonds. The van der Waals surface area contributed by atoms with Gasteiger partial charge >= 0.3 is 0 Å². The molecule has 2 aromatic rings. The van der Waals surface area contributed by atoms with E-state index in [9.17, 15) is 0 Å². The van der Waals surface area contributed by atoms with E-state index >= 15 is 0 Å². The number of hydrogen-bond acceptors (Lipinski definition) is 5. The van der Waals surface area contributed by atoms with E-state index in [2.05, 4.69) is 32.6 Å². The second-order valence-corrected chi connectivity index (χ2v) is 6.36. The number of fused-ring (bicyclic) bond motifs is 1. The molecule has 0 saturated carbocycles. The first-order valence-corrected chi connectivity index (χ1v) is 9.42. The zero-order valence-electron chi connectivity index (χ0n) is 16.0. The predicted molar refractivity (Wildman–Crippen MR) is 104 cm³/mol. The monoisotopic (exact) mass is 372 g/mol. The van der Waals surface area contributed by atoms with Crippen LogP contribution in [0.3, 0.4) is 0 Å². The van der Waals surface area contributed by atoms with Crippen molar-refractivity contribution in [3.63, 3.8) is 0 Å². The van der Waals surface area contributed by atoms with Gasteiger partial charge < -0.3 is 20.1 Å². The third kappa shape index (κ3) is 5.68. The fourth-order valence-corrected chi connectivity index (χ4v) is 3.02. The van der Waals surface area contributed by atoms with Crippen molar-refractivity contribution in [1.82, 2.24) is 25.4 Å². The Labute approximate surface area is 160 Å². The molecule has 8 nitrogen and oxygen atoms in total. The molecule has 0 spiro atoms. The molecule has 2 N–H and O–H groups in total. The Balaban J connectivity index is 1.51. The van der Waals surface area contributed by atoms with Crippen molar-refractivity contribution in [2.24, 2.45) is 4.99 Å². The third-order valence-corrected chi connectivity index (χ3v) is 4.23. The fourth-order valence-electron chi connectivity index (χ4n) is 3.02. The Hall–Kier alpha value is -2.61. The average molecular weight is 372 g/mol. The van der Waals surface area contributed by atoms with Crippen LogP contribution in [0, 0.1) is 0 Å². The summed E-state index contributed by atoms with van der Waals surface area (Å²) in [5.74, 6) is 3.44. The first kappa shape index (κ1) is 19.2. The lowest BCUT2D eigenvalue weighted by Crippen LogP contribution is -2.47. The Morgan fingerprint density at radius 3 is 2.96 bits per heavy atom. The lowest BCUT2D eigenvalue weighted by Gasteiger charge is -2.25. The van der Waals surface area contributed by atoms with Crippen molar-refractivity contribution in [3.8, 4) is 5.75 Å². The molecule has 0 saturated heterocycles. The van der Waals surface area contributed by atoms with E-state index in [1.807, 2.05) is 35.0 Å². The van der Waals surface area contributed by atoms with Gasteiger partial charge in [0, 0.05) is 26.1 Å². The van der Waals surface area contributed by atoms with E-state index < -0.39 is 0 Å². The van der Waals surface area contributed by atoms with Crippen LogP contribution in [0.25, 0.3) is 0 Å². The van der Waals surface area contributed by atoms with Crippen LogP contribution in [-0.2, 0) is 24.3 Å². The number of nitrogens with one attached hydrogen (secondary N) is 2. The summed E-state index contributed by atoms with van der Waals surface area (Å²) in [4.78, 5) is 9.13. The van der Waals surface area contributed by atoms with Crippen molar-refractivity contribution >= 4 is 5.96 Å². The van der Waals surface area contributed by atoms with E-state index in [4.69, 9.17) is 9.47 Å². The SMILES string of the molecule is CCNC(=NCCOc1ccccc1)NC1CCc2nc(COC)nn2C1.